The van der Waals surface area contributed by atoms with Crippen LogP contribution in [-0.4, -0.2) is 6.21 Å². The summed E-state index contributed by atoms with van der Waals surface area (Å²) in [4.78, 5) is 3.93. The molecule has 0 aromatic heterocycles. The second kappa shape index (κ2) is 3.89. The molecule has 0 bridgehead atoms. The zero-order valence-electron chi connectivity index (χ0n) is 5.89. The molecule has 2 nitrogen and oxygen atoms in total. The van der Waals surface area contributed by atoms with Crippen molar-refractivity contribution in [2.45, 2.75) is 13.8 Å². The van der Waals surface area contributed by atoms with E-state index in [0.717, 1.165) is 11.3 Å². The Morgan fingerprint density at radius 2 is 2.11 bits per heavy atom. The van der Waals surface area contributed by atoms with Gasteiger partial charge in [0, 0.05) is 11.9 Å². The summed E-state index contributed by atoms with van der Waals surface area (Å²) < 4.78 is 0. The van der Waals surface area contributed by atoms with E-state index in [2.05, 4.69) is 11.6 Å². The van der Waals surface area contributed by atoms with Crippen LogP contribution in [0.25, 0.3) is 0 Å². The molecule has 0 aliphatic heterocycles. The van der Waals surface area contributed by atoms with Crippen LogP contribution in [-0.2, 0) is 0 Å². The highest BCUT2D eigenvalue weighted by molar-refractivity contribution is 5.78. The Bertz CT molecular complexity index is 154. The lowest BCUT2D eigenvalue weighted by atomic mass is 10.4. The fraction of sp³-hybridized carbons (Fsp3) is 0.286. The van der Waals surface area contributed by atoms with Gasteiger partial charge in [-0.2, -0.15) is 0 Å². The number of allylic oxidation sites excluding steroid dienone is 2. The lowest BCUT2D eigenvalue weighted by molar-refractivity contribution is 1.33. The molecule has 50 valence electrons. The topological polar surface area (TPSA) is 38.4 Å². The minimum absolute atomic E-state index is 0.788. The van der Waals surface area contributed by atoms with Gasteiger partial charge < -0.3 is 5.73 Å². The molecule has 0 saturated heterocycles. The summed E-state index contributed by atoms with van der Waals surface area (Å²) in [5, 5.41) is 0. The predicted octanol–water partition coefficient (Wildman–Crippen LogP) is 1.45. The van der Waals surface area contributed by atoms with Gasteiger partial charge in [-0.3, -0.25) is 4.99 Å². The van der Waals surface area contributed by atoms with E-state index >= 15 is 0 Å². The van der Waals surface area contributed by atoms with Crippen molar-refractivity contribution in [2.24, 2.45) is 10.7 Å². The molecule has 9 heavy (non-hydrogen) atoms. The van der Waals surface area contributed by atoms with Gasteiger partial charge in [-0.05, 0) is 25.6 Å². The Kier molecular flexibility index (Phi) is 3.44. The van der Waals surface area contributed by atoms with Crippen LogP contribution in [0.1, 0.15) is 13.8 Å². The number of nitrogens with zero attached hydrogens (tertiary/aromatic N) is 1. The summed E-state index contributed by atoms with van der Waals surface area (Å²) in [6.45, 7) is 7.31. The Balaban J connectivity index is 3.86. The highest BCUT2D eigenvalue weighted by Crippen LogP contribution is 1.89. The number of rotatable bonds is 2. The number of hydrogen-bond acceptors (Lipinski definition) is 2. The summed E-state index contributed by atoms with van der Waals surface area (Å²) >= 11 is 0. The molecule has 0 aromatic carbocycles. The Morgan fingerprint density at radius 1 is 1.56 bits per heavy atom. The van der Waals surface area contributed by atoms with E-state index in [0.29, 0.717) is 0 Å². The third-order valence-electron chi connectivity index (χ3n) is 0.751. The van der Waals surface area contributed by atoms with Gasteiger partial charge in [-0.25, -0.2) is 0 Å². The lowest BCUT2D eigenvalue weighted by Gasteiger charge is -1.86. The molecular formula is C7H12N2. The Hall–Kier alpha value is -1.05. The molecule has 0 radical (unpaired) electrons. The van der Waals surface area contributed by atoms with Gasteiger partial charge in [0.25, 0.3) is 0 Å². The zero-order chi connectivity index (χ0) is 7.28. The molecular weight excluding hydrogens is 112 g/mol. The molecule has 0 spiro atoms. The lowest BCUT2D eigenvalue weighted by Crippen LogP contribution is -1.84. The van der Waals surface area contributed by atoms with Crippen molar-refractivity contribution in [3.63, 3.8) is 0 Å². The minimum Gasteiger partial charge on any atom is -0.404 e. The predicted molar refractivity (Wildman–Crippen MR) is 41.3 cm³/mol. The average molecular weight is 124 g/mol. The second-order valence-electron chi connectivity index (χ2n) is 1.90. The Morgan fingerprint density at radius 3 is 2.44 bits per heavy atom. The first-order valence-electron chi connectivity index (χ1n) is 2.75. The van der Waals surface area contributed by atoms with Crippen LogP contribution in [0.3, 0.4) is 0 Å². The van der Waals surface area contributed by atoms with E-state index in [1.807, 2.05) is 13.8 Å². The molecule has 2 N–H and O–H groups in total. The largest absolute Gasteiger partial charge is 0.404 e. The quantitative estimate of drug-likeness (QED) is 0.556. The van der Waals surface area contributed by atoms with Crippen molar-refractivity contribution in [1.29, 1.82) is 0 Å². The molecule has 0 heterocycles. The van der Waals surface area contributed by atoms with Crippen LogP contribution in [0.15, 0.2) is 29.0 Å². The summed E-state index contributed by atoms with van der Waals surface area (Å²) in [6.07, 6.45) is 3.19. The fourth-order valence-electron chi connectivity index (χ4n) is 0.255. The van der Waals surface area contributed by atoms with E-state index in [1.165, 1.54) is 6.20 Å². The zero-order valence-corrected chi connectivity index (χ0v) is 5.89. The van der Waals surface area contributed by atoms with Crippen LogP contribution in [0.2, 0.25) is 0 Å². The highest BCUT2D eigenvalue weighted by Gasteiger charge is 1.77. The van der Waals surface area contributed by atoms with Crippen LogP contribution < -0.4 is 5.73 Å². The SMILES string of the molecule is C=C(C)/N=C\C(C)=C/N. The van der Waals surface area contributed by atoms with E-state index in [1.54, 1.807) is 6.21 Å². The number of nitrogens with two attached hydrogens (primary N) is 1. The van der Waals surface area contributed by atoms with Crippen molar-refractivity contribution < 1.29 is 0 Å². The second-order valence-corrected chi connectivity index (χ2v) is 1.90. The Labute approximate surface area is 55.8 Å². The average Bonchev–Trinajstić information content (AvgIpc) is 1.83. The molecule has 0 saturated carbocycles. The number of aliphatic imine (C=N–C) groups is 1. The monoisotopic (exact) mass is 124 g/mol. The van der Waals surface area contributed by atoms with Crippen molar-refractivity contribution >= 4 is 6.21 Å². The summed E-state index contributed by atoms with van der Waals surface area (Å²) in [5.74, 6) is 0. The molecule has 0 aliphatic carbocycles. The van der Waals surface area contributed by atoms with Crippen LogP contribution in [0.5, 0.6) is 0 Å². The summed E-state index contributed by atoms with van der Waals surface area (Å²) in [6, 6.07) is 0. The molecule has 0 unspecified atom stereocenters. The normalized spacial score (nSPS) is 12.4. The van der Waals surface area contributed by atoms with Gasteiger partial charge in [0.1, 0.15) is 0 Å². The van der Waals surface area contributed by atoms with Gasteiger partial charge in [-0.15, -0.1) is 0 Å². The first-order chi connectivity index (χ1) is 4.16. The van der Waals surface area contributed by atoms with Crippen molar-refractivity contribution in [3.05, 3.63) is 24.0 Å². The van der Waals surface area contributed by atoms with Gasteiger partial charge >= 0.3 is 0 Å². The maximum absolute atomic E-state index is 5.18. The van der Waals surface area contributed by atoms with E-state index in [-0.39, 0.29) is 0 Å². The van der Waals surface area contributed by atoms with Gasteiger partial charge in [0.2, 0.25) is 0 Å². The fourth-order valence-corrected chi connectivity index (χ4v) is 0.255. The van der Waals surface area contributed by atoms with E-state index in [4.69, 9.17) is 5.73 Å². The highest BCUT2D eigenvalue weighted by atomic mass is 14.7. The number of hydrogen-bond donors (Lipinski definition) is 1. The van der Waals surface area contributed by atoms with Gasteiger partial charge in [-0.1, -0.05) is 6.58 Å². The minimum atomic E-state index is 0.788. The molecule has 0 atom stereocenters. The third kappa shape index (κ3) is 4.81. The van der Waals surface area contributed by atoms with Crippen molar-refractivity contribution in [1.82, 2.24) is 0 Å². The maximum Gasteiger partial charge on any atom is 0.0314 e. The first-order valence-corrected chi connectivity index (χ1v) is 2.75. The van der Waals surface area contributed by atoms with E-state index in [9.17, 15) is 0 Å². The molecule has 0 aromatic rings. The van der Waals surface area contributed by atoms with Crippen LogP contribution in [0, 0.1) is 0 Å². The first kappa shape index (κ1) is 7.95. The van der Waals surface area contributed by atoms with Crippen LogP contribution in [0.4, 0.5) is 0 Å². The van der Waals surface area contributed by atoms with Gasteiger partial charge in [0.15, 0.2) is 0 Å². The van der Waals surface area contributed by atoms with Crippen LogP contribution >= 0.6 is 0 Å². The molecule has 0 fully saturated rings. The van der Waals surface area contributed by atoms with Crippen molar-refractivity contribution in [3.8, 4) is 0 Å². The molecule has 0 aliphatic rings. The smallest absolute Gasteiger partial charge is 0.0314 e. The molecule has 2 heteroatoms. The van der Waals surface area contributed by atoms with Gasteiger partial charge in [0.05, 0.1) is 0 Å². The summed E-state index contributed by atoms with van der Waals surface area (Å²) in [7, 11) is 0. The van der Waals surface area contributed by atoms with Crippen molar-refractivity contribution in [2.75, 3.05) is 0 Å². The maximum atomic E-state index is 5.18. The standard InChI is InChI=1S/C7H12N2/c1-6(2)9-5-7(3)4-8/h4-5H,1,8H2,2-3H3/b7-4-,9-5-. The molecule has 0 amide bonds. The van der Waals surface area contributed by atoms with E-state index < -0.39 is 0 Å². The summed E-state index contributed by atoms with van der Waals surface area (Å²) in [5.41, 5.74) is 6.91. The molecule has 0 rings (SSSR count). The third-order valence-corrected chi connectivity index (χ3v) is 0.751.